The molecule has 0 fully saturated rings. The number of hydrogen-bond acceptors (Lipinski definition) is 4. The number of imidazole rings is 1. The average molecular weight is 417 g/mol. The van der Waals surface area contributed by atoms with Crippen LogP contribution in [0.5, 0.6) is 0 Å². The summed E-state index contributed by atoms with van der Waals surface area (Å²) in [5.41, 5.74) is 5.07. The molecule has 0 saturated heterocycles. The number of ether oxygens (including phenoxy) is 1. The number of nitrogens with one attached hydrogen (secondary N) is 3. The second-order valence-corrected chi connectivity index (χ2v) is 6.97. The molecule has 3 aromatic carbocycles. The molecule has 0 aliphatic heterocycles. The Balaban J connectivity index is 1.38. The first-order valence-corrected chi connectivity index (χ1v) is 9.93. The van der Waals surface area contributed by atoms with Crippen molar-refractivity contribution in [1.29, 1.82) is 0 Å². The third-order valence-corrected chi connectivity index (χ3v) is 4.66. The molecule has 0 aliphatic carbocycles. The summed E-state index contributed by atoms with van der Waals surface area (Å²) in [5.74, 6) is 0.486. The first-order chi connectivity index (χ1) is 14.6. The number of aromatic amines is 1. The van der Waals surface area contributed by atoms with Gasteiger partial charge in [0.25, 0.3) is 0 Å². The molecule has 1 aromatic heterocycles. The maximum absolute atomic E-state index is 11.7. The maximum atomic E-state index is 11.7. The molecule has 7 heteroatoms. The fourth-order valence-corrected chi connectivity index (χ4v) is 3.23. The van der Waals surface area contributed by atoms with Gasteiger partial charge in [0.1, 0.15) is 5.82 Å². The van der Waals surface area contributed by atoms with Crippen LogP contribution in [-0.2, 0) is 4.74 Å². The number of nitrogens with zero attached hydrogens (tertiary/aromatic N) is 1. The molecule has 0 atom stereocenters. The number of H-pyrrole nitrogens is 1. The zero-order valence-electron chi connectivity index (χ0n) is 16.3. The zero-order valence-corrected chi connectivity index (χ0v) is 17.1. The number of fused-ring (bicyclic) bond motifs is 1. The van der Waals surface area contributed by atoms with E-state index in [1.165, 1.54) is 0 Å². The van der Waals surface area contributed by atoms with Gasteiger partial charge in [0, 0.05) is 16.9 Å². The van der Waals surface area contributed by atoms with E-state index in [0.717, 1.165) is 33.8 Å². The number of aromatic nitrogens is 2. The Kier molecular flexibility index (Phi) is 5.72. The Morgan fingerprint density at radius 3 is 2.23 bits per heavy atom. The zero-order chi connectivity index (χ0) is 20.9. The van der Waals surface area contributed by atoms with Gasteiger partial charge in [-0.1, -0.05) is 12.1 Å². The Bertz CT molecular complexity index is 1150. The molecule has 0 amide bonds. The van der Waals surface area contributed by atoms with Crippen LogP contribution in [0.25, 0.3) is 22.4 Å². The fourth-order valence-electron chi connectivity index (χ4n) is 3.00. The molecule has 0 spiro atoms. The van der Waals surface area contributed by atoms with Crippen LogP contribution in [0.1, 0.15) is 17.3 Å². The van der Waals surface area contributed by atoms with Gasteiger partial charge < -0.3 is 20.4 Å². The Labute approximate surface area is 179 Å². The smallest absolute Gasteiger partial charge is 0.338 e. The van der Waals surface area contributed by atoms with Gasteiger partial charge in [-0.05, 0) is 79.8 Å². The van der Waals surface area contributed by atoms with Crippen molar-refractivity contribution in [3.05, 3.63) is 78.4 Å². The van der Waals surface area contributed by atoms with E-state index in [2.05, 4.69) is 20.6 Å². The lowest BCUT2D eigenvalue weighted by Gasteiger charge is -2.11. The lowest BCUT2D eigenvalue weighted by Crippen LogP contribution is -2.19. The van der Waals surface area contributed by atoms with E-state index in [1.54, 1.807) is 31.2 Å². The minimum Gasteiger partial charge on any atom is -0.462 e. The number of rotatable bonds is 5. The van der Waals surface area contributed by atoms with Crippen molar-refractivity contribution in [3.8, 4) is 11.4 Å². The van der Waals surface area contributed by atoms with Gasteiger partial charge in [-0.25, -0.2) is 9.78 Å². The third-order valence-electron chi connectivity index (χ3n) is 4.46. The van der Waals surface area contributed by atoms with E-state index in [4.69, 9.17) is 17.0 Å². The molecule has 30 heavy (non-hydrogen) atoms. The third kappa shape index (κ3) is 4.47. The van der Waals surface area contributed by atoms with Crippen LogP contribution in [0, 0.1) is 0 Å². The van der Waals surface area contributed by atoms with E-state index >= 15 is 0 Å². The van der Waals surface area contributed by atoms with E-state index in [0.29, 0.717) is 17.3 Å². The van der Waals surface area contributed by atoms with Gasteiger partial charge in [-0.3, -0.25) is 0 Å². The SMILES string of the molecule is CCOC(=O)c1ccc(NC(=S)Nc2ccc(-c3nc4ccccc4[nH]3)cc2)cc1. The molecule has 4 rings (SSSR count). The fraction of sp³-hybridized carbons (Fsp3) is 0.0870. The lowest BCUT2D eigenvalue weighted by atomic mass is 10.2. The number of benzene rings is 3. The lowest BCUT2D eigenvalue weighted by molar-refractivity contribution is 0.0526. The van der Waals surface area contributed by atoms with E-state index in [-0.39, 0.29) is 5.97 Å². The second kappa shape index (κ2) is 8.75. The van der Waals surface area contributed by atoms with Crippen molar-refractivity contribution in [3.63, 3.8) is 0 Å². The summed E-state index contributed by atoms with van der Waals surface area (Å²) in [6.07, 6.45) is 0. The Hall–Kier alpha value is -3.71. The standard InChI is InChI=1S/C23H20N4O2S/c1-2-29-22(28)16-9-13-18(14-10-16)25-23(30)24-17-11-7-15(8-12-17)21-26-19-5-3-4-6-20(19)27-21/h3-14H,2H2,1H3,(H,26,27)(H2,24,25,30). The number of hydrogen-bond donors (Lipinski definition) is 3. The van der Waals surface area contributed by atoms with Crippen molar-refractivity contribution in [2.24, 2.45) is 0 Å². The molecule has 4 aromatic rings. The van der Waals surface area contributed by atoms with Crippen LogP contribution < -0.4 is 10.6 Å². The van der Waals surface area contributed by atoms with Crippen LogP contribution in [-0.4, -0.2) is 27.7 Å². The van der Waals surface area contributed by atoms with Crippen LogP contribution in [0.2, 0.25) is 0 Å². The van der Waals surface area contributed by atoms with Gasteiger partial charge in [-0.2, -0.15) is 0 Å². The monoisotopic (exact) mass is 416 g/mol. The predicted molar refractivity (Wildman–Crippen MR) is 124 cm³/mol. The predicted octanol–water partition coefficient (Wildman–Crippen LogP) is 5.22. The number of anilines is 2. The van der Waals surface area contributed by atoms with Crippen molar-refractivity contribution in [1.82, 2.24) is 9.97 Å². The molecule has 6 nitrogen and oxygen atoms in total. The number of carbonyl (C=O) groups is 1. The van der Waals surface area contributed by atoms with Crippen molar-refractivity contribution < 1.29 is 9.53 Å². The highest BCUT2D eigenvalue weighted by atomic mass is 32.1. The quantitative estimate of drug-likeness (QED) is 0.306. The summed E-state index contributed by atoms with van der Waals surface area (Å²) in [6.45, 7) is 2.13. The second-order valence-electron chi connectivity index (χ2n) is 6.56. The highest BCUT2D eigenvalue weighted by Gasteiger charge is 2.07. The minimum absolute atomic E-state index is 0.339. The van der Waals surface area contributed by atoms with Crippen LogP contribution in [0.15, 0.2) is 72.8 Å². The topological polar surface area (TPSA) is 79.0 Å². The summed E-state index contributed by atoms with van der Waals surface area (Å²) < 4.78 is 4.98. The van der Waals surface area contributed by atoms with Crippen molar-refractivity contribution in [2.75, 3.05) is 17.2 Å². The molecular weight excluding hydrogens is 396 g/mol. The van der Waals surface area contributed by atoms with Crippen LogP contribution in [0.4, 0.5) is 11.4 Å². The van der Waals surface area contributed by atoms with Gasteiger partial charge in [0.15, 0.2) is 5.11 Å². The summed E-state index contributed by atoms with van der Waals surface area (Å²) in [7, 11) is 0. The van der Waals surface area contributed by atoms with Crippen LogP contribution >= 0.6 is 12.2 Å². The highest BCUT2D eigenvalue weighted by Crippen LogP contribution is 2.22. The normalized spacial score (nSPS) is 10.6. The summed E-state index contributed by atoms with van der Waals surface area (Å²) in [6, 6.07) is 22.8. The van der Waals surface area contributed by atoms with Gasteiger partial charge in [0.2, 0.25) is 0 Å². The Morgan fingerprint density at radius 2 is 1.60 bits per heavy atom. The molecule has 0 aliphatic rings. The molecular formula is C23H20N4O2S. The summed E-state index contributed by atoms with van der Waals surface area (Å²) in [5, 5.41) is 6.71. The number of carbonyl (C=O) groups excluding carboxylic acids is 1. The van der Waals surface area contributed by atoms with Gasteiger partial charge in [-0.15, -0.1) is 0 Å². The van der Waals surface area contributed by atoms with Crippen molar-refractivity contribution in [2.45, 2.75) is 6.92 Å². The summed E-state index contributed by atoms with van der Waals surface area (Å²) in [4.78, 5) is 19.6. The number of para-hydroxylation sites is 2. The van der Waals surface area contributed by atoms with Crippen molar-refractivity contribution >= 4 is 45.7 Å². The van der Waals surface area contributed by atoms with E-state index < -0.39 is 0 Å². The molecule has 150 valence electrons. The molecule has 0 saturated carbocycles. The highest BCUT2D eigenvalue weighted by molar-refractivity contribution is 7.80. The molecule has 1 heterocycles. The maximum Gasteiger partial charge on any atom is 0.338 e. The van der Waals surface area contributed by atoms with Gasteiger partial charge >= 0.3 is 5.97 Å². The minimum atomic E-state index is -0.339. The first kappa shape index (κ1) is 19.6. The average Bonchev–Trinajstić information content (AvgIpc) is 3.19. The van der Waals surface area contributed by atoms with Gasteiger partial charge in [0.05, 0.1) is 23.2 Å². The van der Waals surface area contributed by atoms with Crippen LogP contribution in [0.3, 0.4) is 0 Å². The molecule has 0 bridgehead atoms. The van der Waals surface area contributed by atoms with E-state index in [9.17, 15) is 4.79 Å². The largest absolute Gasteiger partial charge is 0.462 e. The Morgan fingerprint density at radius 1 is 0.967 bits per heavy atom. The first-order valence-electron chi connectivity index (χ1n) is 9.53. The van der Waals surface area contributed by atoms with E-state index in [1.807, 2.05) is 48.5 Å². The molecule has 0 unspecified atom stereocenters. The molecule has 0 radical (unpaired) electrons. The molecule has 3 N–H and O–H groups in total. The summed E-state index contributed by atoms with van der Waals surface area (Å²) >= 11 is 5.38. The number of esters is 1. The number of thiocarbonyl (C=S) groups is 1.